The van der Waals surface area contributed by atoms with Crippen molar-refractivity contribution < 1.29 is 4.52 Å². The van der Waals surface area contributed by atoms with E-state index >= 15 is 0 Å². The Balaban J connectivity index is 2.23. The quantitative estimate of drug-likeness (QED) is 0.719. The van der Waals surface area contributed by atoms with Crippen LogP contribution in [0.15, 0.2) is 22.9 Å². The third kappa shape index (κ3) is 1.59. The van der Waals surface area contributed by atoms with E-state index in [1.54, 1.807) is 0 Å². The highest BCUT2D eigenvalue weighted by molar-refractivity contribution is 5.45. The number of nitrogens with two attached hydrogens (primary N) is 1. The lowest BCUT2D eigenvalue weighted by molar-refractivity contribution is 0.421. The van der Waals surface area contributed by atoms with E-state index in [-0.39, 0.29) is 0 Å². The molecule has 0 aromatic carbocycles. The average Bonchev–Trinajstić information content (AvgIpc) is 2.70. The Hall–Kier alpha value is -1.62. The molecular formula is C8H10N4O. The Morgan fingerprint density at radius 2 is 2.46 bits per heavy atom. The zero-order valence-corrected chi connectivity index (χ0v) is 7.03. The van der Waals surface area contributed by atoms with Gasteiger partial charge in [0.15, 0.2) is 5.82 Å². The van der Waals surface area contributed by atoms with Crippen molar-refractivity contribution in [3.63, 3.8) is 0 Å². The van der Waals surface area contributed by atoms with Crippen molar-refractivity contribution >= 4 is 0 Å². The van der Waals surface area contributed by atoms with Gasteiger partial charge in [-0.2, -0.15) is 4.98 Å². The molecule has 5 heteroatoms. The Bertz CT molecular complexity index is 365. The fourth-order valence-electron chi connectivity index (χ4n) is 1.06. The lowest BCUT2D eigenvalue weighted by Crippen LogP contribution is -2.03. The van der Waals surface area contributed by atoms with Crippen LogP contribution in [0.25, 0.3) is 11.6 Å². The maximum Gasteiger partial charge on any atom is 0.274 e. The smallest absolute Gasteiger partial charge is 0.274 e. The van der Waals surface area contributed by atoms with Crippen LogP contribution in [0.5, 0.6) is 0 Å². The third-order valence-corrected chi connectivity index (χ3v) is 1.66. The molecule has 5 nitrogen and oxygen atoms in total. The molecule has 2 heterocycles. The van der Waals surface area contributed by atoms with Crippen molar-refractivity contribution in [2.45, 2.75) is 6.42 Å². The maximum atomic E-state index is 5.36. The summed E-state index contributed by atoms with van der Waals surface area (Å²) in [6, 6.07) is 3.75. The molecule has 13 heavy (non-hydrogen) atoms. The van der Waals surface area contributed by atoms with Crippen LogP contribution in [0.3, 0.4) is 0 Å². The molecule has 0 unspecified atom stereocenters. The molecule has 0 saturated carbocycles. The van der Waals surface area contributed by atoms with Crippen LogP contribution in [-0.2, 0) is 6.42 Å². The van der Waals surface area contributed by atoms with Gasteiger partial charge in [0, 0.05) is 12.6 Å². The number of rotatable bonds is 3. The van der Waals surface area contributed by atoms with Crippen molar-refractivity contribution in [3.8, 4) is 11.6 Å². The molecule has 0 aliphatic heterocycles. The molecular weight excluding hydrogens is 168 g/mol. The first kappa shape index (κ1) is 8.00. The van der Waals surface area contributed by atoms with E-state index in [2.05, 4.69) is 15.1 Å². The van der Waals surface area contributed by atoms with Gasteiger partial charge < -0.3 is 15.2 Å². The minimum atomic E-state index is 0.508. The molecule has 3 N–H and O–H groups in total. The Labute approximate surface area is 75.0 Å². The Morgan fingerprint density at radius 3 is 3.15 bits per heavy atom. The molecule has 0 aliphatic carbocycles. The van der Waals surface area contributed by atoms with Gasteiger partial charge in [-0.05, 0) is 18.7 Å². The number of nitrogens with one attached hydrogen (secondary N) is 1. The van der Waals surface area contributed by atoms with E-state index in [1.807, 2.05) is 18.3 Å². The molecule has 0 radical (unpaired) electrons. The first-order chi connectivity index (χ1) is 6.40. The second kappa shape index (κ2) is 3.40. The summed E-state index contributed by atoms with van der Waals surface area (Å²) < 4.78 is 5.01. The number of aromatic amines is 1. The highest BCUT2D eigenvalue weighted by Gasteiger charge is 2.07. The zero-order valence-electron chi connectivity index (χ0n) is 7.03. The minimum absolute atomic E-state index is 0.508. The normalized spacial score (nSPS) is 10.5. The summed E-state index contributed by atoms with van der Waals surface area (Å²) in [6.07, 6.45) is 2.45. The summed E-state index contributed by atoms with van der Waals surface area (Å²) in [5.41, 5.74) is 6.19. The zero-order chi connectivity index (χ0) is 9.10. The fraction of sp³-hybridized carbons (Fsp3) is 0.250. The van der Waals surface area contributed by atoms with E-state index in [9.17, 15) is 0 Å². The summed E-state index contributed by atoms with van der Waals surface area (Å²) >= 11 is 0. The number of nitrogens with zero attached hydrogens (tertiary/aromatic N) is 2. The van der Waals surface area contributed by atoms with Crippen LogP contribution in [0.2, 0.25) is 0 Å². The van der Waals surface area contributed by atoms with Crippen molar-refractivity contribution in [1.82, 2.24) is 15.1 Å². The van der Waals surface area contributed by atoms with E-state index in [4.69, 9.17) is 10.3 Å². The van der Waals surface area contributed by atoms with Crippen molar-refractivity contribution in [1.29, 1.82) is 0 Å². The second-order valence-electron chi connectivity index (χ2n) is 2.64. The van der Waals surface area contributed by atoms with Gasteiger partial charge in [0.25, 0.3) is 5.89 Å². The summed E-state index contributed by atoms with van der Waals surface area (Å²) in [5.74, 6) is 1.15. The maximum absolute atomic E-state index is 5.36. The predicted octanol–water partition coefficient (Wildman–Crippen LogP) is 0.566. The highest BCUT2D eigenvalue weighted by atomic mass is 16.5. The van der Waals surface area contributed by atoms with E-state index in [0.717, 1.165) is 5.69 Å². The molecule has 2 aromatic rings. The highest BCUT2D eigenvalue weighted by Crippen LogP contribution is 2.13. The van der Waals surface area contributed by atoms with Gasteiger partial charge in [0.1, 0.15) is 5.69 Å². The van der Waals surface area contributed by atoms with E-state index in [1.165, 1.54) is 0 Å². The van der Waals surface area contributed by atoms with Crippen molar-refractivity contribution in [3.05, 3.63) is 24.2 Å². The molecule has 2 rings (SSSR count). The Kier molecular flexibility index (Phi) is 2.09. The van der Waals surface area contributed by atoms with E-state index in [0.29, 0.717) is 24.7 Å². The number of aromatic nitrogens is 3. The summed E-state index contributed by atoms with van der Waals surface area (Å²) in [4.78, 5) is 7.13. The molecule has 0 aliphatic rings. The van der Waals surface area contributed by atoms with Crippen LogP contribution >= 0.6 is 0 Å². The van der Waals surface area contributed by atoms with Crippen molar-refractivity contribution in [2.75, 3.05) is 6.54 Å². The van der Waals surface area contributed by atoms with Crippen LogP contribution in [0.4, 0.5) is 0 Å². The molecule has 2 aromatic heterocycles. The molecule has 68 valence electrons. The van der Waals surface area contributed by atoms with Gasteiger partial charge in [-0.15, -0.1) is 0 Å². The first-order valence-electron chi connectivity index (χ1n) is 4.06. The predicted molar refractivity (Wildman–Crippen MR) is 46.8 cm³/mol. The lowest BCUT2D eigenvalue weighted by atomic mass is 10.4. The summed E-state index contributed by atoms with van der Waals surface area (Å²) in [6.45, 7) is 0.531. The SMILES string of the molecule is NCCc1noc(-c2ccc[nH]2)n1. The molecule has 0 saturated heterocycles. The Morgan fingerprint density at radius 1 is 1.54 bits per heavy atom. The van der Waals surface area contributed by atoms with Crippen LogP contribution < -0.4 is 5.73 Å². The van der Waals surface area contributed by atoms with Gasteiger partial charge in [-0.3, -0.25) is 0 Å². The summed E-state index contributed by atoms with van der Waals surface area (Å²) in [7, 11) is 0. The van der Waals surface area contributed by atoms with Gasteiger partial charge in [0.2, 0.25) is 0 Å². The minimum Gasteiger partial charge on any atom is -0.357 e. The van der Waals surface area contributed by atoms with Gasteiger partial charge >= 0.3 is 0 Å². The average molecular weight is 178 g/mol. The van der Waals surface area contributed by atoms with Gasteiger partial charge in [-0.1, -0.05) is 5.16 Å². The van der Waals surface area contributed by atoms with Crippen LogP contribution in [0, 0.1) is 0 Å². The molecule has 0 atom stereocenters. The number of hydrogen-bond acceptors (Lipinski definition) is 4. The molecule has 0 spiro atoms. The van der Waals surface area contributed by atoms with Gasteiger partial charge in [-0.25, -0.2) is 0 Å². The lowest BCUT2D eigenvalue weighted by Gasteiger charge is -1.85. The van der Waals surface area contributed by atoms with Gasteiger partial charge in [0.05, 0.1) is 0 Å². The van der Waals surface area contributed by atoms with Crippen molar-refractivity contribution in [2.24, 2.45) is 5.73 Å². The monoisotopic (exact) mass is 178 g/mol. The number of H-pyrrole nitrogens is 1. The van der Waals surface area contributed by atoms with Crippen LogP contribution in [0.1, 0.15) is 5.82 Å². The molecule has 0 bridgehead atoms. The van der Waals surface area contributed by atoms with E-state index < -0.39 is 0 Å². The van der Waals surface area contributed by atoms with Crippen LogP contribution in [-0.4, -0.2) is 21.7 Å². The topological polar surface area (TPSA) is 80.7 Å². The molecule has 0 amide bonds. The second-order valence-corrected chi connectivity index (χ2v) is 2.64. The summed E-state index contributed by atoms with van der Waals surface area (Å²) in [5, 5.41) is 3.78. The number of hydrogen-bond donors (Lipinski definition) is 2. The molecule has 0 fully saturated rings. The fourth-order valence-corrected chi connectivity index (χ4v) is 1.06. The first-order valence-corrected chi connectivity index (χ1v) is 4.06. The standard InChI is InChI=1S/C8H10N4O/c9-4-3-7-11-8(13-12-7)6-2-1-5-10-6/h1-2,5,10H,3-4,9H2. The largest absolute Gasteiger partial charge is 0.357 e. The third-order valence-electron chi connectivity index (χ3n) is 1.66.